The third-order valence-corrected chi connectivity index (χ3v) is 3.02. The lowest BCUT2D eigenvalue weighted by molar-refractivity contribution is 0.0615. The monoisotopic (exact) mass is 288 g/mol. The summed E-state index contributed by atoms with van der Waals surface area (Å²) in [6.07, 6.45) is 1.99. The molecule has 0 aromatic carbocycles. The molecule has 0 aliphatic carbocycles. The van der Waals surface area contributed by atoms with Gasteiger partial charge in [-0.25, -0.2) is 4.98 Å². The van der Waals surface area contributed by atoms with Crippen molar-refractivity contribution in [3.8, 4) is 0 Å². The second-order valence-electron chi connectivity index (χ2n) is 3.64. The quantitative estimate of drug-likeness (QED) is 0.840. The highest BCUT2D eigenvalue weighted by molar-refractivity contribution is 9.10. The van der Waals surface area contributed by atoms with E-state index in [4.69, 9.17) is 4.74 Å². The lowest BCUT2D eigenvalue weighted by Crippen LogP contribution is -2.18. The molecular formula is C11H17BrN2O2. The smallest absolute Gasteiger partial charge is 0.126 e. The first-order chi connectivity index (χ1) is 7.63. The summed E-state index contributed by atoms with van der Waals surface area (Å²) in [6.45, 7) is 3.06. The molecule has 0 saturated heterocycles. The van der Waals surface area contributed by atoms with Crippen LogP contribution >= 0.6 is 15.9 Å². The van der Waals surface area contributed by atoms with Gasteiger partial charge < -0.3 is 15.2 Å². The van der Waals surface area contributed by atoms with Crippen LogP contribution in [0.4, 0.5) is 5.82 Å². The molecule has 2 N–H and O–H groups in total. The van der Waals surface area contributed by atoms with Crippen LogP contribution < -0.4 is 5.32 Å². The Morgan fingerprint density at radius 2 is 2.38 bits per heavy atom. The van der Waals surface area contributed by atoms with Gasteiger partial charge in [-0.2, -0.15) is 0 Å². The average molecular weight is 289 g/mol. The lowest BCUT2D eigenvalue weighted by atomic mass is 10.2. The van der Waals surface area contributed by atoms with E-state index in [1.807, 2.05) is 13.0 Å². The Hall–Kier alpha value is -0.650. The predicted molar refractivity (Wildman–Crippen MR) is 67.7 cm³/mol. The molecule has 90 valence electrons. The summed E-state index contributed by atoms with van der Waals surface area (Å²) in [5, 5.41) is 12.6. The number of pyridine rings is 1. The van der Waals surface area contributed by atoms with Crippen molar-refractivity contribution >= 4 is 21.7 Å². The third-order valence-electron chi connectivity index (χ3n) is 2.19. The first-order valence-electron chi connectivity index (χ1n) is 5.16. The molecule has 5 heteroatoms. The van der Waals surface area contributed by atoms with Crippen LogP contribution in [0.3, 0.4) is 0 Å². The van der Waals surface area contributed by atoms with Crippen molar-refractivity contribution < 1.29 is 9.84 Å². The summed E-state index contributed by atoms with van der Waals surface area (Å²) in [5.41, 5.74) is 1.13. The second kappa shape index (κ2) is 6.83. The minimum Gasteiger partial charge on any atom is -0.391 e. The fourth-order valence-corrected chi connectivity index (χ4v) is 1.50. The Bertz CT molecular complexity index is 334. The highest BCUT2D eigenvalue weighted by Gasteiger charge is 2.03. The van der Waals surface area contributed by atoms with Crippen molar-refractivity contribution in [1.29, 1.82) is 0 Å². The van der Waals surface area contributed by atoms with Crippen molar-refractivity contribution in [3.05, 3.63) is 22.3 Å². The maximum absolute atomic E-state index is 9.43. The van der Waals surface area contributed by atoms with E-state index in [9.17, 15) is 5.11 Å². The van der Waals surface area contributed by atoms with Gasteiger partial charge in [-0.05, 0) is 40.9 Å². The second-order valence-corrected chi connectivity index (χ2v) is 4.50. The number of ether oxygens (including phenoxy) is 1. The van der Waals surface area contributed by atoms with Crippen LogP contribution in [0.1, 0.15) is 12.0 Å². The van der Waals surface area contributed by atoms with Gasteiger partial charge in [0.25, 0.3) is 0 Å². The largest absolute Gasteiger partial charge is 0.391 e. The predicted octanol–water partition coefficient (Wildman–Crippen LogP) is 1.96. The minimum atomic E-state index is -0.422. The lowest BCUT2D eigenvalue weighted by Gasteiger charge is -2.10. The van der Waals surface area contributed by atoms with Gasteiger partial charge in [-0.1, -0.05) is 0 Å². The van der Waals surface area contributed by atoms with E-state index < -0.39 is 6.10 Å². The molecule has 0 aliphatic heterocycles. The van der Waals surface area contributed by atoms with E-state index >= 15 is 0 Å². The normalized spacial score (nSPS) is 12.5. The SMILES string of the molecule is COCC(O)CCNc1cc(C)c(Br)cn1. The summed E-state index contributed by atoms with van der Waals surface area (Å²) >= 11 is 3.39. The Morgan fingerprint density at radius 3 is 3.00 bits per heavy atom. The van der Waals surface area contributed by atoms with Crippen molar-refractivity contribution in [2.75, 3.05) is 25.6 Å². The molecule has 16 heavy (non-hydrogen) atoms. The molecule has 0 aliphatic rings. The van der Waals surface area contributed by atoms with E-state index in [2.05, 4.69) is 26.2 Å². The topological polar surface area (TPSA) is 54.4 Å². The fraction of sp³-hybridized carbons (Fsp3) is 0.545. The Kier molecular flexibility index (Phi) is 5.73. The molecule has 4 nitrogen and oxygen atoms in total. The van der Waals surface area contributed by atoms with Crippen LogP contribution in [0.2, 0.25) is 0 Å². The molecular weight excluding hydrogens is 272 g/mol. The van der Waals surface area contributed by atoms with Gasteiger partial charge in [-0.15, -0.1) is 0 Å². The van der Waals surface area contributed by atoms with Crippen LogP contribution in [-0.4, -0.2) is 36.5 Å². The van der Waals surface area contributed by atoms with Crippen LogP contribution in [0, 0.1) is 6.92 Å². The van der Waals surface area contributed by atoms with Crippen molar-refractivity contribution in [2.45, 2.75) is 19.4 Å². The Balaban J connectivity index is 2.34. The standard InChI is InChI=1S/C11H17BrN2O2/c1-8-5-11(14-6-10(8)12)13-4-3-9(15)7-16-2/h5-6,9,15H,3-4,7H2,1-2H3,(H,13,14). The molecule has 0 radical (unpaired) electrons. The number of halogens is 1. The van der Waals surface area contributed by atoms with E-state index in [0.29, 0.717) is 19.6 Å². The first-order valence-corrected chi connectivity index (χ1v) is 5.95. The molecule has 0 bridgehead atoms. The van der Waals surface area contributed by atoms with E-state index in [-0.39, 0.29) is 0 Å². The molecule has 1 aromatic rings. The van der Waals surface area contributed by atoms with E-state index in [1.54, 1.807) is 13.3 Å². The molecule has 1 unspecified atom stereocenters. The number of aliphatic hydroxyl groups excluding tert-OH is 1. The number of hydrogen-bond donors (Lipinski definition) is 2. The maximum atomic E-state index is 9.43. The van der Waals surface area contributed by atoms with E-state index in [1.165, 1.54) is 0 Å². The summed E-state index contributed by atoms with van der Waals surface area (Å²) in [5.74, 6) is 0.824. The molecule has 1 aromatic heterocycles. The maximum Gasteiger partial charge on any atom is 0.126 e. The Labute approximate surface area is 104 Å². The summed E-state index contributed by atoms with van der Waals surface area (Å²) in [7, 11) is 1.58. The summed E-state index contributed by atoms with van der Waals surface area (Å²) in [6, 6.07) is 1.97. The molecule has 0 saturated carbocycles. The number of hydrogen-bond acceptors (Lipinski definition) is 4. The van der Waals surface area contributed by atoms with Crippen LogP contribution in [0.15, 0.2) is 16.7 Å². The zero-order chi connectivity index (χ0) is 12.0. The minimum absolute atomic E-state index is 0.370. The highest BCUT2D eigenvalue weighted by Crippen LogP contribution is 2.17. The van der Waals surface area contributed by atoms with E-state index in [0.717, 1.165) is 15.9 Å². The van der Waals surface area contributed by atoms with Crippen LogP contribution in [0.5, 0.6) is 0 Å². The number of nitrogens with zero attached hydrogens (tertiary/aromatic N) is 1. The molecule has 0 amide bonds. The number of anilines is 1. The molecule has 0 spiro atoms. The van der Waals surface area contributed by atoms with Crippen molar-refractivity contribution in [2.24, 2.45) is 0 Å². The summed E-state index contributed by atoms with van der Waals surface area (Å²) < 4.78 is 5.84. The van der Waals surface area contributed by atoms with Crippen molar-refractivity contribution in [1.82, 2.24) is 4.98 Å². The van der Waals surface area contributed by atoms with Crippen LogP contribution in [0.25, 0.3) is 0 Å². The number of nitrogens with one attached hydrogen (secondary N) is 1. The van der Waals surface area contributed by atoms with Crippen LogP contribution in [-0.2, 0) is 4.74 Å². The first kappa shape index (κ1) is 13.4. The number of methoxy groups -OCH3 is 1. The van der Waals surface area contributed by atoms with Crippen molar-refractivity contribution in [3.63, 3.8) is 0 Å². The summed E-state index contributed by atoms with van der Waals surface area (Å²) in [4.78, 5) is 4.21. The van der Waals surface area contributed by atoms with Gasteiger partial charge in [0.1, 0.15) is 5.82 Å². The van der Waals surface area contributed by atoms with Gasteiger partial charge >= 0.3 is 0 Å². The number of aromatic nitrogens is 1. The number of rotatable bonds is 6. The number of aliphatic hydroxyl groups is 1. The zero-order valence-electron chi connectivity index (χ0n) is 9.53. The number of aryl methyl sites for hydroxylation is 1. The molecule has 1 rings (SSSR count). The molecule has 1 atom stereocenters. The van der Waals surface area contributed by atoms with Gasteiger partial charge in [-0.3, -0.25) is 0 Å². The molecule has 0 fully saturated rings. The van der Waals surface area contributed by atoms with Gasteiger partial charge in [0.05, 0.1) is 12.7 Å². The highest BCUT2D eigenvalue weighted by atomic mass is 79.9. The zero-order valence-corrected chi connectivity index (χ0v) is 11.1. The van der Waals surface area contributed by atoms with Gasteiger partial charge in [0.2, 0.25) is 0 Å². The third kappa shape index (κ3) is 4.47. The molecule has 1 heterocycles. The fourth-order valence-electron chi connectivity index (χ4n) is 1.28. The average Bonchev–Trinajstić information content (AvgIpc) is 2.24. The Morgan fingerprint density at radius 1 is 1.62 bits per heavy atom. The van der Waals surface area contributed by atoms with Gasteiger partial charge in [0.15, 0.2) is 0 Å². The van der Waals surface area contributed by atoms with Gasteiger partial charge in [0, 0.05) is 24.3 Å².